The summed E-state index contributed by atoms with van der Waals surface area (Å²) in [5.41, 5.74) is 0.830. The van der Waals surface area contributed by atoms with E-state index in [4.69, 9.17) is 16.1 Å². The molecule has 0 radical (unpaired) electrons. The topological polar surface area (TPSA) is 75.3 Å². The van der Waals surface area contributed by atoms with E-state index in [2.05, 4.69) is 32.7 Å². The van der Waals surface area contributed by atoms with Gasteiger partial charge >= 0.3 is 0 Å². The van der Waals surface area contributed by atoms with E-state index in [1.807, 2.05) is 18.2 Å². The smallest absolute Gasteiger partial charge is 0.246 e. The first-order valence-corrected chi connectivity index (χ1v) is 8.63. The molecule has 1 aromatic carbocycles. The van der Waals surface area contributed by atoms with E-state index < -0.39 is 0 Å². The van der Waals surface area contributed by atoms with Crippen LogP contribution in [0.25, 0.3) is 11.4 Å². The van der Waals surface area contributed by atoms with Crippen LogP contribution in [0.2, 0.25) is 5.02 Å². The highest BCUT2D eigenvalue weighted by Crippen LogP contribution is 2.19. The molecule has 1 aromatic heterocycles. The number of guanidine groups is 1. The summed E-state index contributed by atoms with van der Waals surface area (Å²) in [6.07, 6.45) is 4.86. The second-order valence-corrected chi connectivity index (χ2v) is 5.87. The van der Waals surface area contributed by atoms with Gasteiger partial charge in [-0.3, -0.25) is 4.99 Å². The zero-order chi connectivity index (χ0) is 17.2. The third kappa shape index (κ3) is 7.60. The molecule has 2 N–H and O–H groups in total. The highest BCUT2D eigenvalue weighted by molar-refractivity contribution is 14.0. The number of aliphatic imine (C=N–C) groups is 1. The first-order chi connectivity index (χ1) is 11.7. The van der Waals surface area contributed by atoms with Crippen LogP contribution in [0.3, 0.4) is 0 Å². The number of hydrogen-bond donors (Lipinski definition) is 2. The minimum absolute atomic E-state index is 0. The number of halogens is 2. The molecule has 0 bridgehead atoms. The molecular formula is C17H25ClIN5O. The Morgan fingerprint density at radius 3 is 2.80 bits per heavy atom. The molecule has 0 aliphatic rings. The molecule has 0 unspecified atom stereocenters. The van der Waals surface area contributed by atoms with Crippen molar-refractivity contribution in [2.24, 2.45) is 4.99 Å². The van der Waals surface area contributed by atoms with Crippen LogP contribution < -0.4 is 10.6 Å². The Hall–Kier alpha value is -1.35. The van der Waals surface area contributed by atoms with Gasteiger partial charge in [-0.05, 0) is 18.6 Å². The monoisotopic (exact) mass is 477 g/mol. The van der Waals surface area contributed by atoms with Crippen molar-refractivity contribution >= 4 is 41.5 Å². The van der Waals surface area contributed by atoms with Gasteiger partial charge in [-0.15, -0.1) is 24.0 Å². The maximum atomic E-state index is 5.98. The van der Waals surface area contributed by atoms with Crippen LogP contribution in [-0.4, -0.2) is 29.7 Å². The molecule has 0 saturated heterocycles. The summed E-state index contributed by atoms with van der Waals surface area (Å²) >= 11 is 5.98. The minimum atomic E-state index is 0. The van der Waals surface area contributed by atoms with Gasteiger partial charge in [0.25, 0.3) is 0 Å². The van der Waals surface area contributed by atoms with Crippen LogP contribution in [0.1, 0.15) is 38.5 Å². The molecule has 138 valence electrons. The lowest BCUT2D eigenvalue weighted by molar-refractivity contribution is 0.375. The molecule has 8 heteroatoms. The van der Waals surface area contributed by atoms with Crippen LogP contribution >= 0.6 is 35.6 Å². The standard InChI is InChI=1S/C17H24ClN5O.HI/c1-3-4-5-6-10-20-17(19-2)21-12-15-22-16(23-24-15)13-8-7-9-14(18)11-13;/h7-9,11H,3-6,10,12H2,1-2H3,(H2,19,20,21);1H. The van der Waals surface area contributed by atoms with E-state index in [0.29, 0.717) is 23.3 Å². The molecule has 2 aromatic rings. The van der Waals surface area contributed by atoms with Gasteiger partial charge in [0.2, 0.25) is 11.7 Å². The Morgan fingerprint density at radius 2 is 2.08 bits per heavy atom. The van der Waals surface area contributed by atoms with E-state index >= 15 is 0 Å². The highest BCUT2D eigenvalue weighted by Gasteiger charge is 2.09. The van der Waals surface area contributed by atoms with E-state index in [0.717, 1.165) is 24.5 Å². The van der Waals surface area contributed by atoms with E-state index in [1.54, 1.807) is 13.1 Å². The summed E-state index contributed by atoms with van der Waals surface area (Å²) in [6.45, 7) is 3.52. The predicted molar refractivity (Wildman–Crippen MR) is 113 cm³/mol. The highest BCUT2D eigenvalue weighted by atomic mass is 127. The lowest BCUT2D eigenvalue weighted by Crippen LogP contribution is -2.37. The molecule has 0 aliphatic heterocycles. The Kier molecular flexibility index (Phi) is 10.5. The van der Waals surface area contributed by atoms with Crippen LogP contribution in [0.5, 0.6) is 0 Å². The molecule has 0 aliphatic carbocycles. The molecular weight excluding hydrogens is 453 g/mol. The fraction of sp³-hybridized carbons (Fsp3) is 0.471. The number of nitrogens with zero attached hydrogens (tertiary/aromatic N) is 3. The van der Waals surface area contributed by atoms with E-state index in [-0.39, 0.29) is 24.0 Å². The summed E-state index contributed by atoms with van der Waals surface area (Å²) in [4.78, 5) is 8.55. The third-order valence-electron chi connectivity index (χ3n) is 3.50. The van der Waals surface area contributed by atoms with Crippen molar-refractivity contribution < 1.29 is 4.52 Å². The Balaban J connectivity index is 0.00000312. The van der Waals surface area contributed by atoms with Crippen molar-refractivity contribution in [2.75, 3.05) is 13.6 Å². The Bertz CT molecular complexity index is 662. The largest absolute Gasteiger partial charge is 0.356 e. The van der Waals surface area contributed by atoms with Gasteiger partial charge in [-0.25, -0.2) is 0 Å². The fourth-order valence-corrected chi connectivity index (χ4v) is 2.40. The summed E-state index contributed by atoms with van der Waals surface area (Å²) in [5, 5.41) is 11.1. The predicted octanol–water partition coefficient (Wildman–Crippen LogP) is 4.25. The SMILES string of the molecule is CCCCCCNC(=NC)NCc1nc(-c2cccc(Cl)c2)no1.I. The van der Waals surface area contributed by atoms with Gasteiger partial charge in [0.05, 0.1) is 6.54 Å². The number of aromatic nitrogens is 2. The van der Waals surface area contributed by atoms with Crippen molar-refractivity contribution in [1.82, 2.24) is 20.8 Å². The molecule has 0 atom stereocenters. The zero-order valence-corrected chi connectivity index (χ0v) is 17.7. The number of unbranched alkanes of at least 4 members (excludes halogenated alkanes) is 3. The van der Waals surface area contributed by atoms with E-state index in [1.165, 1.54) is 19.3 Å². The molecule has 2 rings (SSSR count). The average Bonchev–Trinajstić information content (AvgIpc) is 3.06. The average molecular weight is 478 g/mol. The van der Waals surface area contributed by atoms with Crippen molar-refractivity contribution in [3.05, 3.63) is 35.2 Å². The number of nitrogens with one attached hydrogen (secondary N) is 2. The second kappa shape index (κ2) is 12.1. The summed E-state index contributed by atoms with van der Waals surface area (Å²) in [5.74, 6) is 1.75. The lowest BCUT2D eigenvalue weighted by Gasteiger charge is -2.09. The molecule has 0 saturated carbocycles. The van der Waals surface area contributed by atoms with Crippen molar-refractivity contribution in [2.45, 2.75) is 39.2 Å². The van der Waals surface area contributed by atoms with Gasteiger partial charge in [-0.2, -0.15) is 4.98 Å². The number of hydrogen-bond acceptors (Lipinski definition) is 4. The molecule has 0 fully saturated rings. The third-order valence-corrected chi connectivity index (χ3v) is 3.74. The maximum Gasteiger partial charge on any atom is 0.246 e. The molecule has 0 amide bonds. The Labute approximate surface area is 170 Å². The van der Waals surface area contributed by atoms with Crippen molar-refractivity contribution in [1.29, 1.82) is 0 Å². The number of rotatable bonds is 8. The van der Waals surface area contributed by atoms with Crippen LogP contribution in [0.4, 0.5) is 0 Å². The lowest BCUT2D eigenvalue weighted by atomic mass is 10.2. The zero-order valence-electron chi connectivity index (χ0n) is 14.6. The van der Waals surface area contributed by atoms with Crippen molar-refractivity contribution in [3.8, 4) is 11.4 Å². The van der Waals surface area contributed by atoms with Gasteiger partial charge in [0.1, 0.15) is 0 Å². The second-order valence-electron chi connectivity index (χ2n) is 5.44. The van der Waals surface area contributed by atoms with Crippen LogP contribution in [-0.2, 0) is 6.54 Å². The summed E-state index contributed by atoms with van der Waals surface area (Å²) in [6, 6.07) is 7.37. The molecule has 25 heavy (non-hydrogen) atoms. The first kappa shape index (κ1) is 21.7. The maximum absolute atomic E-state index is 5.98. The van der Waals surface area contributed by atoms with Gasteiger partial charge in [-0.1, -0.05) is 55.1 Å². The van der Waals surface area contributed by atoms with Gasteiger partial charge in [0, 0.05) is 24.2 Å². The number of benzene rings is 1. The van der Waals surface area contributed by atoms with Crippen LogP contribution in [0, 0.1) is 0 Å². The van der Waals surface area contributed by atoms with Crippen LogP contribution in [0.15, 0.2) is 33.8 Å². The first-order valence-electron chi connectivity index (χ1n) is 8.26. The quantitative estimate of drug-likeness (QED) is 0.257. The normalized spacial score (nSPS) is 11.1. The van der Waals surface area contributed by atoms with E-state index in [9.17, 15) is 0 Å². The minimum Gasteiger partial charge on any atom is -0.356 e. The summed E-state index contributed by atoms with van der Waals surface area (Å²) < 4.78 is 5.26. The molecule has 0 spiro atoms. The Morgan fingerprint density at radius 1 is 1.24 bits per heavy atom. The van der Waals surface area contributed by atoms with Crippen molar-refractivity contribution in [3.63, 3.8) is 0 Å². The fourth-order valence-electron chi connectivity index (χ4n) is 2.21. The summed E-state index contributed by atoms with van der Waals surface area (Å²) in [7, 11) is 1.74. The molecule has 6 nitrogen and oxygen atoms in total. The van der Waals surface area contributed by atoms with Gasteiger partial charge < -0.3 is 15.2 Å². The molecule has 1 heterocycles. The van der Waals surface area contributed by atoms with Gasteiger partial charge in [0.15, 0.2) is 5.96 Å².